The molecular formula is C27H28N6O2. The molecule has 0 saturated carbocycles. The van der Waals surface area contributed by atoms with E-state index in [9.17, 15) is 5.26 Å². The van der Waals surface area contributed by atoms with Crippen LogP contribution < -0.4 is 25.9 Å². The lowest BCUT2D eigenvalue weighted by Crippen LogP contribution is -2.49. The van der Waals surface area contributed by atoms with Gasteiger partial charge in [0.05, 0.1) is 17.3 Å². The van der Waals surface area contributed by atoms with E-state index in [1.165, 1.54) is 5.01 Å². The van der Waals surface area contributed by atoms with E-state index in [2.05, 4.69) is 6.07 Å². The third-order valence-electron chi connectivity index (χ3n) is 5.60. The molecule has 35 heavy (non-hydrogen) atoms. The van der Waals surface area contributed by atoms with Gasteiger partial charge in [-0.25, -0.2) is 15.8 Å². The molecule has 1 atom stereocenters. The SMILES string of the molecule is Cc1cc(OC2=C(N)C(Cc3ccccc3)=NC(Oc3cccc(N(C)C)c3)N2N)ccc1C#N. The van der Waals surface area contributed by atoms with Crippen LogP contribution in [-0.4, -0.2) is 31.2 Å². The fourth-order valence-corrected chi connectivity index (χ4v) is 3.64. The molecule has 1 aliphatic heterocycles. The molecule has 0 bridgehead atoms. The molecule has 3 aromatic rings. The topological polar surface area (TPSA) is 113 Å². The summed E-state index contributed by atoms with van der Waals surface area (Å²) in [5.41, 5.74) is 10.8. The largest absolute Gasteiger partial charge is 0.449 e. The second kappa shape index (κ2) is 10.2. The Morgan fingerprint density at radius 2 is 1.80 bits per heavy atom. The molecule has 0 spiro atoms. The zero-order chi connectivity index (χ0) is 24.9. The van der Waals surface area contributed by atoms with Crippen molar-refractivity contribution in [1.82, 2.24) is 5.01 Å². The number of nitriles is 1. The minimum absolute atomic E-state index is 0.226. The summed E-state index contributed by atoms with van der Waals surface area (Å²) in [4.78, 5) is 6.71. The molecular weight excluding hydrogens is 440 g/mol. The van der Waals surface area contributed by atoms with Crippen molar-refractivity contribution < 1.29 is 9.47 Å². The number of hydrogen-bond acceptors (Lipinski definition) is 8. The number of hydrazine groups is 1. The van der Waals surface area contributed by atoms with Crippen molar-refractivity contribution in [3.05, 3.63) is 101 Å². The molecule has 0 aliphatic carbocycles. The lowest BCUT2D eigenvalue weighted by molar-refractivity contribution is 0.0226. The van der Waals surface area contributed by atoms with Crippen LogP contribution >= 0.6 is 0 Å². The van der Waals surface area contributed by atoms with Gasteiger partial charge in [0.1, 0.15) is 17.2 Å². The first kappa shape index (κ1) is 23.7. The van der Waals surface area contributed by atoms with Gasteiger partial charge >= 0.3 is 0 Å². The fraction of sp³-hybridized carbons (Fsp3) is 0.185. The number of rotatable bonds is 7. The van der Waals surface area contributed by atoms with E-state index in [-0.39, 0.29) is 5.88 Å². The smallest absolute Gasteiger partial charge is 0.286 e. The van der Waals surface area contributed by atoms with E-state index in [1.54, 1.807) is 18.2 Å². The highest BCUT2D eigenvalue weighted by Gasteiger charge is 2.31. The van der Waals surface area contributed by atoms with Gasteiger partial charge in [-0.2, -0.15) is 5.26 Å². The van der Waals surface area contributed by atoms with Gasteiger partial charge in [-0.05, 0) is 48.4 Å². The van der Waals surface area contributed by atoms with Crippen molar-refractivity contribution >= 4 is 11.4 Å². The number of nitrogens with two attached hydrogens (primary N) is 2. The Balaban J connectivity index is 1.68. The zero-order valence-electron chi connectivity index (χ0n) is 20.0. The highest BCUT2D eigenvalue weighted by molar-refractivity contribution is 6.01. The standard InChI is InChI=1S/C27H28N6O2/c1-18-14-23(13-12-20(18)17-28)34-26-25(29)24(15-19-8-5-4-6-9-19)31-27(33(26)30)35-22-11-7-10-21(16-22)32(2)3/h4-14,16,27H,15,29-30H2,1-3H3. The van der Waals surface area contributed by atoms with E-state index in [0.717, 1.165) is 16.8 Å². The molecule has 4 rings (SSSR count). The molecule has 0 amide bonds. The molecule has 178 valence electrons. The maximum Gasteiger partial charge on any atom is 0.286 e. The molecule has 0 fully saturated rings. The first-order chi connectivity index (χ1) is 16.9. The maximum atomic E-state index is 9.23. The average molecular weight is 469 g/mol. The average Bonchev–Trinajstić information content (AvgIpc) is 2.85. The minimum atomic E-state index is -0.895. The Morgan fingerprint density at radius 1 is 1.03 bits per heavy atom. The number of anilines is 1. The second-order valence-corrected chi connectivity index (χ2v) is 8.39. The molecule has 0 radical (unpaired) electrons. The van der Waals surface area contributed by atoms with Crippen molar-refractivity contribution in [2.24, 2.45) is 16.6 Å². The van der Waals surface area contributed by atoms with Gasteiger partial charge in [-0.1, -0.05) is 36.4 Å². The van der Waals surface area contributed by atoms with Crippen LogP contribution in [0.2, 0.25) is 0 Å². The summed E-state index contributed by atoms with van der Waals surface area (Å²) in [6.45, 7) is 1.84. The molecule has 3 aromatic carbocycles. The van der Waals surface area contributed by atoms with Crippen LogP contribution in [0.1, 0.15) is 16.7 Å². The molecule has 4 N–H and O–H groups in total. The van der Waals surface area contributed by atoms with Crippen molar-refractivity contribution in [2.45, 2.75) is 19.7 Å². The Kier molecular flexibility index (Phi) is 6.90. The molecule has 1 unspecified atom stereocenters. The summed E-state index contributed by atoms with van der Waals surface area (Å²) in [6.07, 6.45) is -0.412. The number of allylic oxidation sites excluding steroid dienone is 1. The number of aryl methyl sites for hydroxylation is 1. The van der Waals surface area contributed by atoms with Gasteiger partial charge in [0.15, 0.2) is 0 Å². The van der Waals surface area contributed by atoms with Crippen LogP contribution in [0, 0.1) is 18.3 Å². The van der Waals surface area contributed by atoms with Crippen LogP contribution in [0.15, 0.2) is 89.4 Å². The number of aliphatic imine (C=N–C) groups is 1. The third kappa shape index (κ3) is 5.37. The Bertz CT molecular complexity index is 1310. The summed E-state index contributed by atoms with van der Waals surface area (Å²) in [5, 5.41) is 10.5. The minimum Gasteiger partial charge on any atom is -0.449 e. The Hall–Kier alpha value is -4.48. The Labute approximate surface area is 205 Å². The molecule has 1 heterocycles. The molecule has 8 nitrogen and oxygen atoms in total. The van der Waals surface area contributed by atoms with Crippen LogP contribution in [0.5, 0.6) is 11.5 Å². The molecule has 1 aliphatic rings. The van der Waals surface area contributed by atoms with Crippen molar-refractivity contribution in [3.63, 3.8) is 0 Å². The molecule has 0 saturated heterocycles. The highest BCUT2D eigenvalue weighted by Crippen LogP contribution is 2.27. The number of benzene rings is 3. The second-order valence-electron chi connectivity index (χ2n) is 8.39. The van der Waals surface area contributed by atoms with Gasteiger partial charge in [-0.3, -0.25) is 0 Å². The van der Waals surface area contributed by atoms with Crippen molar-refractivity contribution in [3.8, 4) is 17.6 Å². The Morgan fingerprint density at radius 3 is 2.49 bits per heavy atom. The highest BCUT2D eigenvalue weighted by atomic mass is 16.5. The normalized spacial score (nSPS) is 15.3. The van der Waals surface area contributed by atoms with Gasteiger partial charge in [-0.15, -0.1) is 0 Å². The molecule has 8 heteroatoms. The van der Waals surface area contributed by atoms with E-state index >= 15 is 0 Å². The number of nitrogens with zero attached hydrogens (tertiary/aromatic N) is 4. The predicted octanol–water partition coefficient (Wildman–Crippen LogP) is 3.67. The monoisotopic (exact) mass is 468 g/mol. The van der Waals surface area contributed by atoms with E-state index < -0.39 is 6.35 Å². The van der Waals surface area contributed by atoms with Crippen LogP contribution in [0.3, 0.4) is 0 Å². The lowest BCUT2D eigenvalue weighted by Gasteiger charge is -2.33. The lowest BCUT2D eigenvalue weighted by atomic mass is 10.1. The summed E-state index contributed by atoms with van der Waals surface area (Å²) in [7, 11) is 3.92. The number of hydrogen-bond donors (Lipinski definition) is 2. The summed E-state index contributed by atoms with van der Waals surface area (Å²) < 4.78 is 12.3. The molecule has 0 aromatic heterocycles. The van der Waals surface area contributed by atoms with Gasteiger partial charge in [0.25, 0.3) is 6.35 Å². The quantitative estimate of drug-likeness (QED) is 0.509. The van der Waals surface area contributed by atoms with Crippen molar-refractivity contribution in [1.29, 1.82) is 5.26 Å². The van der Waals surface area contributed by atoms with Gasteiger partial charge < -0.3 is 20.1 Å². The fourth-order valence-electron chi connectivity index (χ4n) is 3.64. The number of ether oxygens (including phenoxy) is 2. The summed E-state index contributed by atoms with van der Waals surface area (Å²) in [5.74, 6) is 7.77. The first-order valence-electron chi connectivity index (χ1n) is 11.1. The van der Waals surface area contributed by atoms with Crippen LogP contribution in [-0.2, 0) is 6.42 Å². The van der Waals surface area contributed by atoms with E-state index in [4.69, 9.17) is 26.0 Å². The first-order valence-corrected chi connectivity index (χ1v) is 11.1. The zero-order valence-corrected chi connectivity index (χ0v) is 20.0. The van der Waals surface area contributed by atoms with E-state index in [1.807, 2.05) is 80.5 Å². The van der Waals surface area contributed by atoms with Gasteiger partial charge in [0.2, 0.25) is 5.88 Å². The summed E-state index contributed by atoms with van der Waals surface area (Å²) >= 11 is 0. The third-order valence-corrected chi connectivity index (χ3v) is 5.60. The van der Waals surface area contributed by atoms with Crippen molar-refractivity contribution in [2.75, 3.05) is 19.0 Å². The van der Waals surface area contributed by atoms with Crippen LogP contribution in [0.4, 0.5) is 5.69 Å². The van der Waals surface area contributed by atoms with E-state index in [0.29, 0.717) is 34.9 Å². The predicted molar refractivity (Wildman–Crippen MR) is 137 cm³/mol. The van der Waals surface area contributed by atoms with Gasteiger partial charge in [0, 0.05) is 32.3 Å². The summed E-state index contributed by atoms with van der Waals surface area (Å²) in [6, 6.07) is 24.9. The maximum absolute atomic E-state index is 9.23. The van der Waals surface area contributed by atoms with Crippen LogP contribution in [0.25, 0.3) is 0 Å².